The maximum atomic E-state index is 12.5. The normalized spacial score (nSPS) is 11.3. The van der Waals surface area contributed by atoms with Gasteiger partial charge in [0.05, 0.1) is 11.9 Å². The number of hydrogen-bond donors (Lipinski definition) is 1. The van der Waals surface area contributed by atoms with Crippen LogP contribution in [-0.4, -0.2) is 27.6 Å². The summed E-state index contributed by atoms with van der Waals surface area (Å²) in [5.41, 5.74) is 1.89. The van der Waals surface area contributed by atoms with Crippen LogP contribution >= 0.6 is 0 Å². The summed E-state index contributed by atoms with van der Waals surface area (Å²) in [6.07, 6.45) is 1.13. The molecule has 0 aromatic heterocycles. The van der Waals surface area contributed by atoms with Gasteiger partial charge in [-0.15, -0.1) is 0 Å². The van der Waals surface area contributed by atoms with Crippen LogP contribution in [0.5, 0.6) is 0 Å². The minimum Gasteiger partial charge on any atom is -0.348 e. The van der Waals surface area contributed by atoms with Crippen LogP contribution in [0.25, 0.3) is 10.8 Å². The summed E-state index contributed by atoms with van der Waals surface area (Å²) < 4.78 is 24.5. The van der Waals surface area contributed by atoms with E-state index in [0.717, 1.165) is 26.9 Å². The van der Waals surface area contributed by atoms with E-state index < -0.39 is 10.0 Å². The van der Waals surface area contributed by atoms with E-state index in [1.165, 1.54) is 7.05 Å². The topological polar surface area (TPSA) is 66.5 Å². The van der Waals surface area contributed by atoms with Crippen LogP contribution in [0.2, 0.25) is 0 Å². The minimum atomic E-state index is -3.38. The van der Waals surface area contributed by atoms with Gasteiger partial charge in [0.25, 0.3) is 5.91 Å². The Balaban J connectivity index is 1.78. The fraction of sp³-hybridized carbons (Fsp3) is 0.150. The van der Waals surface area contributed by atoms with Crippen molar-refractivity contribution in [2.24, 2.45) is 0 Å². The number of nitrogens with zero attached hydrogens (tertiary/aromatic N) is 1. The standard InChI is InChI=1S/C20H20N2O3S/c1-22(26(2,24)25)18-11-6-9-16(13-18)20(23)21-14-17-10-5-8-15-7-3-4-12-19(15)17/h3-13H,14H2,1-2H3,(H,21,23). The molecule has 5 nitrogen and oxygen atoms in total. The zero-order valence-electron chi connectivity index (χ0n) is 14.6. The average Bonchev–Trinajstić information content (AvgIpc) is 2.64. The van der Waals surface area contributed by atoms with E-state index in [-0.39, 0.29) is 5.91 Å². The van der Waals surface area contributed by atoms with E-state index in [1.807, 2.05) is 42.5 Å². The van der Waals surface area contributed by atoms with Gasteiger partial charge in [0.15, 0.2) is 0 Å². The Kier molecular flexibility index (Phi) is 4.95. The number of anilines is 1. The van der Waals surface area contributed by atoms with E-state index in [2.05, 4.69) is 5.32 Å². The fourth-order valence-corrected chi connectivity index (χ4v) is 3.26. The van der Waals surface area contributed by atoms with Gasteiger partial charge in [-0.25, -0.2) is 8.42 Å². The van der Waals surface area contributed by atoms with Crippen molar-refractivity contribution in [2.75, 3.05) is 17.6 Å². The summed E-state index contributed by atoms with van der Waals surface area (Å²) in [5, 5.41) is 5.12. The van der Waals surface area contributed by atoms with Crippen LogP contribution in [0.4, 0.5) is 5.69 Å². The lowest BCUT2D eigenvalue weighted by Crippen LogP contribution is -2.26. The Morgan fingerprint density at radius 1 is 1.00 bits per heavy atom. The maximum Gasteiger partial charge on any atom is 0.251 e. The summed E-state index contributed by atoms with van der Waals surface area (Å²) >= 11 is 0. The van der Waals surface area contributed by atoms with Gasteiger partial charge in [-0.1, -0.05) is 48.5 Å². The van der Waals surface area contributed by atoms with Crippen molar-refractivity contribution in [3.05, 3.63) is 77.9 Å². The van der Waals surface area contributed by atoms with Gasteiger partial charge >= 0.3 is 0 Å². The largest absolute Gasteiger partial charge is 0.348 e. The van der Waals surface area contributed by atoms with E-state index in [9.17, 15) is 13.2 Å². The van der Waals surface area contributed by atoms with E-state index >= 15 is 0 Å². The molecule has 6 heteroatoms. The number of rotatable bonds is 5. The number of carbonyl (C=O) groups excluding carboxylic acids is 1. The molecule has 0 aliphatic heterocycles. The SMILES string of the molecule is CN(c1cccc(C(=O)NCc2cccc3ccccc23)c1)S(C)(=O)=O. The number of benzene rings is 3. The summed E-state index contributed by atoms with van der Waals surface area (Å²) in [5.74, 6) is -0.248. The van der Waals surface area contributed by atoms with Crippen molar-refractivity contribution in [2.45, 2.75) is 6.54 Å². The smallest absolute Gasteiger partial charge is 0.251 e. The highest BCUT2D eigenvalue weighted by Gasteiger charge is 2.14. The Bertz CT molecular complexity index is 1060. The predicted molar refractivity (Wildman–Crippen MR) is 105 cm³/mol. The first-order valence-electron chi connectivity index (χ1n) is 8.15. The number of nitrogens with one attached hydrogen (secondary N) is 1. The molecule has 1 amide bonds. The third kappa shape index (κ3) is 3.86. The molecule has 0 saturated heterocycles. The van der Waals surface area contributed by atoms with Gasteiger partial charge in [-0.2, -0.15) is 0 Å². The summed E-state index contributed by atoms with van der Waals surface area (Å²) in [6, 6.07) is 20.5. The molecule has 26 heavy (non-hydrogen) atoms. The molecule has 0 heterocycles. The highest BCUT2D eigenvalue weighted by Crippen LogP contribution is 2.19. The highest BCUT2D eigenvalue weighted by atomic mass is 32.2. The van der Waals surface area contributed by atoms with Crippen molar-refractivity contribution >= 4 is 32.4 Å². The number of fused-ring (bicyclic) bond motifs is 1. The molecule has 0 fully saturated rings. The van der Waals surface area contributed by atoms with Gasteiger partial charge in [-0.3, -0.25) is 9.10 Å². The molecule has 0 saturated carbocycles. The van der Waals surface area contributed by atoms with Crippen molar-refractivity contribution in [3.8, 4) is 0 Å². The molecule has 3 aromatic rings. The second-order valence-electron chi connectivity index (χ2n) is 6.10. The highest BCUT2D eigenvalue weighted by molar-refractivity contribution is 7.92. The molecule has 0 bridgehead atoms. The van der Waals surface area contributed by atoms with E-state index in [4.69, 9.17) is 0 Å². The number of carbonyl (C=O) groups is 1. The quantitative estimate of drug-likeness (QED) is 0.752. The molecular formula is C20H20N2O3S. The molecule has 3 rings (SSSR count). The maximum absolute atomic E-state index is 12.5. The van der Waals surface area contributed by atoms with Crippen molar-refractivity contribution in [3.63, 3.8) is 0 Å². The molecule has 0 atom stereocenters. The Labute approximate surface area is 153 Å². The molecule has 134 valence electrons. The van der Waals surface area contributed by atoms with Gasteiger partial charge in [0.1, 0.15) is 0 Å². The summed E-state index contributed by atoms with van der Waals surface area (Å²) in [6.45, 7) is 0.395. The first-order valence-corrected chi connectivity index (χ1v) is 10.00. The molecule has 0 aliphatic rings. The third-order valence-corrected chi connectivity index (χ3v) is 5.49. The first kappa shape index (κ1) is 17.9. The number of amides is 1. The number of hydrogen-bond acceptors (Lipinski definition) is 3. The van der Waals surface area contributed by atoms with Crippen LogP contribution in [0, 0.1) is 0 Å². The molecule has 0 unspecified atom stereocenters. The first-order chi connectivity index (χ1) is 12.4. The molecule has 0 spiro atoms. The molecule has 0 radical (unpaired) electrons. The zero-order chi connectivity index (χ0) is 18.7. The monoisotopic (exact) mass is 368 g/mol. The molecule has 3 aromatic carbocycles. The average molecular weight is 368 g/mol. The fourth-order valence-electron chi connectivity index (χ4n) is 2.76. The molecular weight excluding hydrogens is 348 g/mol. The van der Waals surface area contributed by atoms with Crippen LogP contribution in [-0.2, 0) is 16.6 Å². The lowest BCUT2D eigenvalue weighted by atomic mass is 10.0. The van der Waals surface area contributed by atoms with Crippen molar-refractivity contribution < 1.29 is 13.2 Å². The Morgan fingerprint density at radius 2 is 1.69 bits per heavy atom. The van der Waals surface area contributed by atoms with Crippen LogP contribution in [0.1, 0.15) is 15.9 Å². The lowest BCUT2D eigenvalue weighted by molar-refractivity contribution is 0.0951. The van der Waals surface area contributed by atoms with Gasteiger partial charge < -0.3 is 5.32 Å². The Morgan fingerprint density at radius 3 is 2.46 bits per heavy atom. The predicted octanol–water partition coefficient (Wildman–Crippen LogP) is 3.17. The van der Waals surface area contributed by atoms with Crippen LogP contribution in [0.3, 0.4) is 0 Å². The second kappa shape index (κ2) is 7.17. The van der Waals surface area contributed by atoms with E-state index in [1.54, 1.807) is 24.3 Å². The van der Waals surface area contributed by atoms with Crippen molar-refractivity contribution in [1.82, 2.24) is 5.32 Å². The summed E-state index contributed by atoms with van der Waals surface area (Å²) in [4.78, 5) is 12.5. The zero-order valence-corrected chi connectivity index (χ0v) is 15.5. The second-order valence-corrected chi connectivity index (χ2v) is 8.12. The number of sulfonamides is 1. The third-order valence-electron chi connectivity index (χ3n) is 4.29. The Hall–Kier alpha value is -2.86. The van der Waals surface area contributed by atoms with Crippen LogP contribution < -0.4 is 9.62 Å². The minimum absolute atomic E-state index is 0.248. The van der Waals surface area contributed by atoms with Gasteiger partial charge in [0, 0.05) is 19.2 Å². The molecule has 0 aliphatic carbocycles. The van der Waals surface area contributed by atoms with Gasteiger partial charge in [-0.05, 0) is 34.5 Å². The van der Waals surface area contributed by atoms with E-state index in [0.29, 0.717) is 17.8 Å². The van der Waals surface area contributed by atoms with Crippen molar-refractivity contribution in [1.29, 1.82) is 0 Å². The summed E-state index contributed by atoms with van der Waals surface area (Å²) in [7, 11) is -1.92. The lowest BCUT2D eigenvalue weighted by Gasteiger charge is -2.17. The molecule has 1 N–H and O–H groups in total. The van der Waals surface area contributed by atoms with Crippen LogP contribution in [0.15, 0.2) is 66.7 Å². The van der Waals surface area contributed by atoms with Gasteiger partial charge in [0.2, 0.25) is 10.0 Å².